The van der Waals surface area contributed by atoms with Crippen LogP contribution in [0.25, 0.3) is 5.65 Å². The highest BCUT2D eigenvalue weighted by Gasteiger charge is 2.51. The van der Waals surface area contributed by atoms with E-state index in [1.807, 2.05) is 27.5 Å². The second-order valence-electron chi connectivity index (χ2n) is 10.4. The van der Waals surface area contributed by atoms with Gasteiger partial charge in [-0.2, -0.15) is 0 Å². The lowest BCUT2D eigenvalue weighted by atomic mass is 9.49. The molecule has 4 aliphatic carbocycles. The molecule has 6 nitrogen and oxygen atoms in total. The third kappa shape index (κ3) is 3.12. The molecule has 7 rings (SSSR count). The molecule has 4 bridgehead atoms. The molecular formula is C24H30N4O2. The minimum absolute atomic E-state index is 0.0120. The van der Waals surface area contributed by atoms with Gasteiger partial charge in [-0.25, -0.2) is 4.98 Å². The van der Waals surface area contributed by atoms with Crippen molar-refractivity contribution in [3.63, 3.8) is 0 Å². The van der Waals surface area contributed by atoms with E-state index in [1.165, 1.54) is 38.5 Å². The molecule has 6 heteroatoms. The molecule has 0 aromatic carbocycles. The number of nitrogens with zero attached hydrogens (tertiary/aromatic N) is 3. The van der Waals surface area contributed by atoms with Crippen molar-refractivity contribution in [2.45, 2.75) is 57.8 Å². The summed E-state index contributed by atoms with van der Waals surface area (Å²) in [6.07, 6.45) is 12.4. The highest BCUT2D eigenvalue weighted by Crippen LogP contribution is 2.61. The summed E-state index contributed by atoms with van der Waals surface area (Å²) in [5.41, 5.74) is 1.38. The number of rotatable bonds is 4. The lowest BCUT2D eigenvalue weighted by molar-refractivity contribution is -0.124. The van der Waals surface area contributed by atoms with Crippen molar-refractivity contribution in [3.05, 3.63) is 30.1 Å². The summed E-state index contributed by atoms with van der Waals surface area (Å²) < 4.78 is 1.85. The highest BCUT2D eigenvalue weighted by molar-refractivity contribution is 5.94. The maximum atomic E-state index is 13.1. The predicted octanol–water partition coefficient (Wildman–Crippen LogP) is 4.12. The minimum Gasteiger partial charge on any atom is -0.337 e. The number of imidazole rings is 1. The standard InChI is InChI=1S/C24H30N4O2/c29-22(14-24-11-16-8-17(12-24)10-18(9-16)13-24)26-21-5-3-4-20-25-19(15-28(20)21)23(30)27-6-1-2-7-27/h3-5,15-18H,1-2,6-14H2,(H,26,29). The van der Waals surface area contributed by atoms with Gasteiger partial charge in [-0.15, -0.1) is 0 Å². The van der Waals surface area contributed by atoms with E-state index in [1.54, 1.807) is 6.20 Å². The molecule has 158 valence electrons. The van der Waals surface area contributed by atoms with Crippen LogP contribution in [0.2, 0.25) is 0 Å². The Balaban J connectivity index is 1.21. The second-order valence-corrected chi connectivity index (χ2v) is 10.4. The van der Waals surface area contributed by atoms with Gasteiger partial charge in [0.25, 0.3) is 5.91 Å². The molecule has 1 N–H and O–H groups in total. The van der Waals surface area contributed by atoms with Crippen molar-refractivity contribution in [2.75, 3.05) is 18.4 Å². The van der Waals surface area contributed by atoms with Crippen LogP contribution in [0.1, 0.15) is 68.3 Å². The maximum Gasteiger partial charge on any atom is 0.274 e. The molecule has 4 saturated carbocycles. The summed E-state index contributed by atoms with van der Waals surface area (Å²) in [5.74, 6) is 3.34. The zero-order valence-corrected chi connectivity index (χ0v) is 17.5. The Bertz CT molecular complexity index is 969. The summed E-state index contributed by atoms with van der Waals surface area (Å²) in [6.45, 7) is 1.61. The Morgan fingerprint density at radius 3 is 2.37 bits per heavy atom. The molecular weight excluding hydrogens is 376 g/mol. The molecule has 2 aromatic heterocycles. The third-order valence-corrected chi connectivity index (χ3v) is 8.07. The first-order valence-electron chi connectivity index (χ1n) is 11.6. The van der Waals surface area contributed by atoms with Crippen LogP contribution in [0.15, 0.2) is 24.4 Å². The number of anilines is 1. The van der Waals surface area contributed by atoms with Crippen molar-refractivity contribution in [2.24, 2.45) is 23.2 Å². The maximum absolute atomic E-state index is 13.1. The second kappa shape index (κ2) is 6.82. The van der Waals surface area contributed by atoms with Crippen molar-refractivity contribution in [3.8, 4) is 0 Å². The number of fused-ring (bicyclic) bond motifs is 1. The van der Waals surface area contributed by atoms with Crippen LogP contribution < -0.4 is 5.32 Å². The quantitative estimate of drug-likeness (QED) is 0.831. The lowest BCUT2D eigenvalue weighted by Gasteiger charge is -2.56. The first-order chi connectivity index (χ1) is 14.6. The molecule has 5 aliphatic rings. The molecule has 0 spiro atoms. The lowest BCUT2D eigenvalue weighted by Crippen LogP contribution is -2.47. The summed E-state index contributed by atoms with van der Waals surface area (Å²) >= 11 is 0. The number of aromatic nitrogens is 2. The molecule has 30 heavy (non-hydrogen) atoms. The topological polar surface area (TPSA) is 66.7 Å². The number of hydrogen-bond acceptors (Lipinski definition) is 3. The van der Waals surface area contributed by atoms with E-state index in [-0.39, 0.29) is 17.2 Å². The molecule has 3 heterocycles. The normalized spacial score (nSPS) is 32.1. The fraction of sp³-hybridized carbons (Fsp3) is 0.625. The number of carbonyl (C=O) groups excluding carboxylic acids is 2. The van der Waals surface area contributed by atoms with Gasteiger partial charge in [-0.3, -0.25) is 14.0 Å². The van der Waals surface area contributed by atoms with Crippen molar-refractivity contribution in [1.82, 2.24) is 14.3 Å². The van der Waals surface area contributed by atoms with E-state index < -0.39 is 0 Å². The zero-order valence-electron chi connectivity index (χ0n) is 17.5. The van der Waals surface area contributed by atoms with Crippen LogP contribution in [0.4, 0.5) is 5.82 Å². The number of pyridine rings is 1. The van der Waals surface area contributed by atoms with Gasteiger partial charge in [0.05, 0.1) is 0 Å². The Morgan fingerprint density at radius 1 is 1.03 bits per heavy atom. The molecule has 5 fully saturated rings. The van der Waals surface area contributed by atoms with E-state index in [9.17, 15) is 9.59 Å². The fourth-order valence-corrected chi connectivity index (χ4v) is 7.33. The molecule has 2 aromatic rings. The average molecular weight is 407 g/mol. The van der Waals surface area contributed by atoms with Crippen LogP contribution in [-0.2, 0) is 4.79 Å². The number of amides is 2. The van der Waals surface area contributed by atoms with E-state index in [4.69, 9.17) is 0 Å². The van der Waals surface area contributed by atoms with Gasteiger partial charge in [-0.05, 0) is 86.7 Å². The highest BCUT2D eigenvalue weighted by atomic mass is 16.2. The predicted molar refractivity (Wildman–Crippen MR) is 114 cm³/mol. The summed E-state index contributed by atoms with van der Waals surface area (Å²) in [6, 6.07) is 5.68. The van der Waals surface area contributed by atoms with E-state index >= 15 is 0 Å². The molecule has 0 radical (unpaired) electrons. The van der Waals surface area contributed by atoms with Gasteiger partial charge < -0.3 is 10.2 Å². The average Bonchev–Trinajstić information content (AvgIpc) is 3.36. The first-order valence-corrected chi connectivity index (χ1v) is 11.6. The number of hydrogen-bond donors (Lipinski definition) is 1. The van der Waals surface area contributed by atoms with Crippen LogP contribution in [0, 0.1) is 23.2 Å². The zero-order chi connectivity index (χ0) is 20.3. The molecule has 1 aliphatic heterocycles. The smallest absolute Gasteiger partial charge is 0.274 e. The summed E-state index contributed by atoms with van der Waals surface area (Å²) in [7, 11) is 0. The Kier molecular flexibility index (Phi) is 4.19. The molecule has 0 atom stereocenters. The van der Waals surface area contributed by atoms with E-state index in [0.29, 0.717) is 23.6 Å². The first kappa shape index (κ1) is 18.4. The summed E-state index contributed by atoms with van der Waals surface area (Å²) in [4.78, 5) is 32.2. The van der Waals surface area contributed by atoms with Crippen molar-refractivity contribution >= 4 is 23.3 Å². The number of carbonyl (C=O) groups is 2. The number of nitrogens with one attached hydrogen (secondary N) is 1. The van der Waals surface area contributed by atoms with Gasteiger partial charge in [0.1, 0.15) is 17.2 Å². The van der Waals surface area contributed by atoms with E-state index in [0.717, 1.165) is 43.7 Å². The van der Waals surface area contributed by atoms with E-state index in [2.05, 4.69) is 10.3 Å². The third-order valence-electron chi connectivity index (χ3n) is 8.07. The van der Waals surface area contributed by atoms with Crippen LogP contribution in [-0.4, -0.2) is 39.2 Å². The Hall–Kier alpha value is -2.37. The van der Waals surface area contributed by atoms with Crippen molar-refractivity contribution < 1.29 is 9.59 Å². The monoisotopic (exact) mass is 406 g/mol. The summed E-state index contributed by atoms with van der Waals surface area (Å²) in [5, 5.41) is 3.14. The van der Waals surface area contributed by atoms with Crippen molar-refractivity contribution in [1.29, 1.82) is 0 Å². The largest absolute Gasteiger partial charge is 0.337 e. The van der Waals surface area contributed by atoms with Crippen LogP contribution in [0.3, 0.4) is 0 Å². The number of likely N-dealkylation sites (tertiary alicyclic amines) is 1. The minimum atomic E-state index is -0.0120. The molecule has 2 amide bonds. The Labute approximate surface area is 177 Å². The SMILES string of the molecule is O=C(CC12CC3CC(CC(C3)C1)C2)Nc1cccc2nc(C(=O)N3CCCC3)cn12. The van der Waals surface area contributed by atoms with Crippen LogP contribution in [0.5, 0.6) is 0 Å². The van der Waals surface area contributed by atoms with Gasteiger partial charge in [-0.1, -0.05) is 6.07 Å². The van der Waals surface area contributed by atoms with Gasteiger partial charge in [0.2, 0.25) is 5.91 Å². The molecule has 1 saturated heterocycles. The fourth-order valence-electron chi connectivity index (χ4n) is 7.33. The Morgan fingerprint density at radius 2 is 1.70 bits per heavy atom. The van der Waals surface area contributed by atoms with Crippen LogP contribution >= 0.6 is 0 Å². The van der Waals surface area contributed by atoms with Gasteiger partial charge >= 0.3 is 0 Å². The van der Waals surface area contributed by atoms with Gasteiger partial charge in [0.15, 0.2) is 0 Å². The molecule has 0 unspecified atom stereocenters. The van der Waals surface area contributed by atoms with Gasteiger partial charge in [0, 0.05) is 25.7 Å².